The molecule has 0 aromatic heterocycles. The predicted octanol–water partition coefficient (Wildman–Crippen LogP) is 4.02. The van der Waals surface area contributed by atoms with Crippen molar-refractivity contribution in [3.05, 3.63) is 59.7 Å². The monoisotopic (exact) mass is 450 g/mol. The first-order valence-corrected chi connectivity index (χ1v) is 11.6. The maximum absolute atomic E-state index is 13.2. The molecule has 0 spiro atoms. The number of hydrogen-bond acceptors (Lipinski definition) is 4. The zero-order chi connectivity index (χ0) is 23.5. The molecule has 4 rings (SSSR count). The summed E-state index contributed by atoms with van der Waals surface area (Å²) in [5.41, 5.74) is 4.51. The summed E-state index contributed by atoms with van der Waals surface area (Å²) in [6.07, 6.45) is 1.06. The van der Waals surface area contributed by atoms with Crippen LogP contribution in [0.3, 0.4) is 0 Å². The van der Waals surface area contributed by atoms with Gasteiger partial charge >= 0.3 is 12.1 Å². The van der Waals surface area contributed by atoms with Gasteiger partial charge in [0.2, 0.25) is 5.91 Å². The molecule has 1 unspecified atom stereocenters. The van der Waals surface area contributed by atoms with Crippen LogP contribution in [-0.2, 0) is 14.3 Å². The smallest absolute Gasteiger partial charge is 0.407 e. The summed E-state index contributed by atoms with van der Waals surface area (Å²) in [6.45, 7) is 4.35. The minimum atomic E-state index is -1.01. The Morgan fingerprint density at radius 3 is 2.27 bits per heavy atom. The van der Waals surface area contributed by atoms with Crippen LogP contribution >= 0.6 is 0 Å². The van der Waals surface area contributed by atoms with Crippen LogP contribution in [-0.4, -0.2) is 53.2 Å². The molecular formula is C26H30N2O5. The van der Waals surface area contributed by atoms with Crippen LogP contribution < -0.4 is 5.32 Å². The number of ether oxygens (including phenoxy) is 1. The number of carboxylic acid groups (broad SMARTS) is 1. The van der Waals surface area contributed by atoms with E-state index in [1.807, 2.05) is 50.2 Å². The van der Waals surface area contributed by atoms with Crippen molar-refractivity contribution in [2.45, 2.75) is 51.1 Å². The van der Waals surface area contributed by atoms with Crippen molar-refractivity contribution in [2.75, 3.05) is 13.2 Å². The Balaban J connectivity index is 1.46. The van der Waals surface area contributed by atoms with Crippen molar-refractivity contribution in [1.29, 1.82) is 0 Å². The third-order valence-corrected chi connectivity index (χ3v) is 6.92. The summed E-state index contributed by atoms with van der Waals surface area (Å²) in [5.74, 6) is -1.60. The number of nitrogens with one attached hydrogen (secondary N) is 1. The number of amides is 2. The van der Waals surface area contributed by atoms with Crippen LogP contribution in [0.4, 0.5) is 4.79 Å². The number of rotatable bonds is 7. The van der Waals surface area contributed by atoms with E-state index in [-0.39, 0.29) is 24.3 Å². The maximum atomic E-state index is 13.2. The van der Waals surface area contributed by atoms with E-state index >= 15 is 0 Å². The van der Waals surface area contributed by atoms with Crippen LogP contribution in [0.5, 0.6) is 0 Å². The fraction of sp³-hybridized carbons (Fsp3) is 0.423. The van der Waals surface area contributed by atoms with E-state index in [0.717, 1.165) is 22.3 Å². The van der Waals surface area contributed by atoms with Gasteiger partial charge in [-0.3, -0.25) is 4.79 Å². The molecule has 1 aliphatic heterocycles. The number of alkyl carbamates (subject to hydrolysis) is 1. The number of carbonyl (C=O) groups is 3. The molecule has 0 saturated carbocycles. The van der Waals surface area contributed by atoms with Crippen LogP contribution in [0.25, 0.3) is 11.1 Å². The Morgan fingerprint density at radius 2 is 1.70 bits per heavy atom. The standard InChI is InChI=1S/C26H30N2O5/c1-3-16(2)23(24(29)28-14-8-13-22(28)25(30)31)27-26(32)33-15-21-19-11-6-4-9-17(19)18-10-5-7-12-20(18)21/h4-7,9-12,16,21-23H,3,8,13-15H2,1-2H3,(H,27,32)(H,30,31)/t16?,22-,23-/m0/s1. The first-order chi connectivity index (χ1) is 15.9. The number of fused-ring (bicyclic) bond motifs is 3. The topological polar surface area (TPSA) is 95.9 Å². The molecule has 1 aliphatic carbocycles. The quantitative estimate of drug-likeness (QED) is 0.664. The molecule has 2 aromatic carbocycles. The van der Waals surface area contributed by atoms with Crippen molar-refractivity contribution in [3.8, 4) is 11.1 Å². The summed E-state index contributed by atoms with van der Waals surface area (Å²) in [4.78, 5) is 38.9. The lowest BCUT2D eigenvalue weighted by atomic mass is 9.97. The van der Waals surface area contributed by atoms with Crippen molar-refractivity contribution >= 4 is 18.0 Å². The molecule has 174 valence electrons. The van der Waals surface area contributed by atoms with Crippen molar-refractivity contribution < 1.29 is 24.2 Å². The molecule has 3 atom stereocenters. The normalized spacial score (nSPS) is 18.8. The molecule has 2 N–H and O–H groups in total. The van der Waals surface area contributed by atoms with Gasteiger partial charge in [-0.1, -0.05) is 68.8 Å². The molecule has 1 fully saturated rings. The Hall–Kier alpha value is -3.35. The highest BCUT2D eigenvalue weighted by atomic mass is 16.5. The zero-order valence-corrected chi connectivity index (χ0v) is 19.0. The van der Waals surface area contributed by atoms with E-state index in [9.17, 15) is 19.5 Å². The van der Waals surface area contributed by atoms with Gasteiger partial charge in [-0.25, -0.2) is 9.59 Å². The van der Waals surface area contributed by atoms with Crippen molar-refractivity contribution in [3.63, 3.8) is 0 Å². The molecule has 2 aromatic rings. The molecule has 2 amide bonds. The first kappa shape index (κ1) is 22.8. The number of carbonyl (C=O) groups excluding carboxylic acids is 2. The van der Waals surface area contributed by atoms with E-state index < -0.39 is 24.1 Å². The van der Waals surface area contributed by atoms with Crippen molar-refractivity contribution in [2.24, 2.45) is 5.92 Å². The summed E-state index contributed by atoms with van der Waals surface area (Å²) < 4.78 is 5.61. The number of hydrogen-bond donors (Lipinski definition) is 2. The van der Waals surface area contributed by atoms with Gasteiger partial charge in [0.1, 0.15) is 18.7 Å². The van der Waals surface area contributed by atoms with Gasteiger partial charge in [0.25, 0.3) is 0 Å². The van der Waals surface area contributed by atoms with Gasteiger partial charge in [0, 0.05) is 12.5 Å². The lowest BCUT2D eigenvalue weighted by Crippen LogP contribution is -2.54. The Morgan fingerprint density at radius 1 is 1.09 bits per heavy atom. The second-order valence-corrected chi connectivity index (χ2v) is 8.86. The lowest BCUT2D eigenvalue weighted by Gasteiger charge is -2.30. The van der Waals surface area contributed by atoms with E-state index in [1.54, 1.807) is 0 Å². The summed E-state index contributed by atoms with van der Waals surface area (Å²) in [6, 6.07) is 14.5. The molecule has 1 heterocycles. The molecular weight excluding hydrogens is 420 g/mol. The largest absolute Gasteiger partial charge is 0.480 e. The highest BCUT2D eigenvalue weighted by Gasteiger charge is 2.39. The Kier molecular flexibility index (Phi) is 6.67. The Bertz CT molecular complexity index is 1010. The maximum Gasteiger partial charge on any atom is 0.407 e. The first-order valence-electron chi connectivity index (χ1n) is 11.6. The lowest BCUT2D eigenvalue weighted by molar-refractivity contribution is -0.149. The Labute approximate surface area is 193 Å². The molecule has 33 heavy (non-hydrogen) atoms. The van der Waals surface area contributed by atoms with E-state index in [2.05, 4.69) is 17.4 Å². The highest BCUT2D eigenvalue weighted by Crippen LogP contribution is 2.44. The summed E-state index contributed by atoms with van der Waals surface area (Å²) >= 11 is 0. The summed E-state index contributed by atoms with van der Waals surface area (Å²) in [5, 5.41) is 12.2. The number of nitrogens with zero attached hydrogens (tertiary/aromatic N) is 1. The minimum absolute atomic E-state index is 0.0733. The second-order valence-electron chi connectivity index (χ2n) is 8.86. The molecule has 0 bridgehead atoms. The molecule has 7 heteroatoms. The van der Waals surface area contributed by atoms with Crippen LogP contribution in [0, 0.1) is 5.92 Å². The molecule has 1 saturated heterocycles. The van der Waals surface area contributed by atoms with Gasteiger partial charge in [0.15, 0.2) is 0 Å². The van der Waals surface area contributed by atoms with Crippen LogP contribution in [0.1, 0.15) is 50.2 Å². The minimum Gasteiger partial charge on any atom is -0.480 e. The molecule has 0 radical (unpaired) electrons. The van der Waals surface area contributed by atoms with Crippen LogP contribution in [0.15, 0.2) is 48.5 Å². The average Bonchev–Trinajstić information content (AvgIpc) is 3.44. The zero-order valence-electron chi connectivity index (χ0n) is 19.0. The van der Waals surface area contributed by atoms with Gasteiger partial charge in [0.05, 0.1) is 0 Å². The van der Waals surface area contributed by atoms with Crippen LogP contribution in [0.2, 0.25) is 0 Å². The van der Waals surface area contributed by atoms with Gasteiger partial charge in [-0.05, 0) is 41.0 Å². The van der Waals surface area contributed by atoms with E-state index in [1.165, 1.54) is 4.90 Å². The van der Waals surface area contributed by atoms with Gasteiger partial charge < -0.3 is 20.1 Å². The second kappa shape index (κ2) is 9.65. The van der Waals surface area contributed by atoms with Gasteiger partial charge in [-0.15, -0.1) is 0 Å². The number of carboxylic acids is 1. The summed E-state index contributed by atoms with van der Waals surface area (Å²) in [7, 11) is 0. The van der Waals surface area contributed by atoms with E-state index in [4.69, 9.17) is 4.74 Å². The SMILES string of the molecule is CCC(C)[C@H](NC(=O)OCC1c2ccccc2-c2ccccc21)C(=O)N1CCC[C@H]1C(=O)O. The molecule has 2 aliphatic rings. The highest BCUT2D eigenvalue weighted by molar-refractivity contribution is 5.90. The third kappa shape index (κ3) is 4.45. The fourth-order valence-electron chi connectivity index (χ4n) is 4.92. The number of benzene rings is 2. The number of likely N-dealkylation sites (tertiary alicyclic amines) is 1. The number of aliphatic carboxylic acids is 1. The van der Waals surface area contributed by atoms with Gasteiger partial charge in [-0.2, -0.15) is 0 Å². The van der Waals surface area contributed by atoms with Crippen molar-refractivity contribution in [1.82, 2.24) is 10.2 Å². The predicted molar refractivity (Wildman–Crippen MR) is 124 cm³/mol. The average molecular weight is 451 g/mol. The fourth-order valence-corrected chi connectivity index (χ4v) is 4.92. The van der Waals surface area contributed by atoms with E-state index in [0.29, 0.717) is 25.8 Å². The third-order valence-electron chi connectivity index (χ3n) is 6.92. The molecule has 7 nitrogen and oxygen atoms in total.